The van der Waals surface area contributed by atoms with Crippen molar-refractivity contribution in [2.45, 2.75) is 6.54 Å². The molecule has 0 aliphatic rings. The van der Waals surface area contributed by atoms with Crippen LogP contribution < -0.4 is 5.32 Å². The first-order valence-corrected chi connectivity index (χ1v) is 5.55. The van der Waals surface area contributed by atoms with Crippen molar-refractivity contribution in [3.63, 3.8) is 0 Å². The van der Waals surface area contributed by atoms with Gasteiger partial charge in [-0.1, -0.05) is 6.07 Å². The van der Waals surface area contributed by atoms with E-state index in [2.05, 4.69) is 10.4 Å². The fourth-order valence-electron chi connectivity index (χ4n) is 1.58. The largest absolute Gasteiger partial charge is 0.348 e. The second-order valence-electron chi connectivity index (χ2n) is 4.00. The molecule has 19 heavy (non-hydrogen) atoms. The Kier molecular flexibility index (Phi) is 3.57. The van der Waals surface area contributed by atoms with Gasteiger partial charge in [0.05, 0.1) is 23.4 Å². The monoisotopic (exact) mass is 258 g/mol. The minimum atomic E-state index is -0.509. The van der Waals surface area contributed by atoms with E-state index in [0.717, 1.165) is 6.07 Å². The fraction of sp³-hybridized carbons (Fsp3) is 0.154. The van der Waals surface area contributed by atoms with Crippen LogP contribution in [0.2, 0.25) is 0 Å². The van der Waals surface area contributed by atoms with Crippen LogP contribution in [0.5, 0.6) is 0 Å². The summed E-state index contributed by atoms with van der Waals surface area (Å²) in [6.45, 7) is 0.0608. The highest BCUT2D eigenvalue weighted by molar-refractivity contribution is 5.93. The summed E-state index contributed by atoms with van der Waals surface area (Å²) < 4.78 is 15.1. The zero-order valence-electron chi connectivity index (χ0n) is 10.2. The number of halogens is 1. The van der Waals surface area contributed by atoms with Gasteiger partial charge >= 0.3 is 0 Å². The van der Waals surface area contributed by atoms with E-state index in [9.17, 15) is 9.18 Å². The lowest BCUT2D eigenvalue weighted by Gasteiger charge is -2.05. The van der Waals surface area contributed by atoms with Gasteiger partial charge in [0.2, 0.25) is 0 Å². The van der Waals surface area contributed by atoms with E-state index >= 15 is 0 Å². The molecule has 0 saturated carbocycles. The van der Waals surface area contributed by atoms with Gasteiger partial charge in [0.15, 0.2) is 0 Å². The number of nitriles is 1. The van der Waals surface area contributed by atoms with Crippen LogP contribution in [0.15, 0.2) is 30.6 Å². The lowest BCUT2D eigenvalue weighted by molar-refractivity contribution is 0.0950. The highest BCUT2D eigenvalue weighted by atomic mass is 19.1. The number of aryl methyl sites for hydroxylation is 1. The van der Waals surface area contributed by atoms with Crippen LogP contribution in [0.4, 0.5) is 4.39 Å². The number of carbonyl (C=O) groups is 1. The van der Waals surface area contributed by atoms with Gasteiger partial charge in [-0.2, -0.15) is 10.4 Å². The molecule has 1 aromatic heterocycles. The molecule has 0 aliphatic carbocycles. The molecule has 2 rings (SSSR count). The van der Waals surface area contributed by atoms with Crippen molar-refractivity contribution in [2.24, 2.45) is 7.05 Å². The Morgan fingerprint density at radius 2 is 2.37 bits per heavy atom. The van der Waals surface area contributed by atoms with Crippen molar-refractivity contribution in [1.82, 2.24) is 15.1 Å². The van der Waals surface area contributed by atoms with Gasteiger partial charge in [0.25, 0.3) is 5.91 Å². The number of hydrogen-bond donors (Lipinski definition) is 1. The van der Waals surface area contributed by atoms with Crippen molar-refractivity contribution in [2.75, 3.05) is 0 Å². The maximum atomic E-state index is 13.6. The number of carbonyl (C=O) groups excluding carboxylic acids is 1. The molecule has 0 fully saturated rings. The van der Waals surface area contributed by atoms with Gasteiger partial charge in [0.1, 0.15) is 5.82 Å². The Bertz CT molecular complexity index is 657. The quantitative estimate of drug-likeness (QED) is 0.903. The first-order chi connectivity index (χ1) is 9.10. The van der Waals surface area contributed by atoms with E-state index in [1.165, 1.54) is 23.0 Å². The van der Waals surface area contributed by atoms with Crippen molar-refractivity contribution in [1.29, 1.82) is 5.26 Å². The first kappa shape index (κ1) is 12.8. The van der Waals surface area contributed by atoms with Crippen LogP contribution in [-0.2, 0) is 13.6 Å². The fourth-order valence-corrected chi connectivity index (χ4v) is 1.58. The number of amides is 1. The van der Waals surface area contributed by atoms with Crippen molar-refractivity contribution >= 4 is 5.91 Å². The minimum absolute atomic E-state index is 0.0608. The van der Waals surface area contributed by atoms with Crippen molar-refractivity contribution < 1.29 is 9.18 Å². The second-order valence-corrected chi connectivity index (χ2v) is 4.00. The molecular weight excluding hydrogens is 247 g/mol. The normalized spacial score (nSPS) is 9.95. The zero-order valence-corrected chi connectivity index (χ0v) is 10.2. The molecule has 2 aromatic rings. The topological polar surface area (TPSA) is 70.7 Å². The molecule has 1 aromatic carbocycles. The summed E-state index contributed by atoms with van der Waals surface area (Å²) in [6, 6.07) is 5.99. The van der Waals surface area contributed by atoms with E-state index in [1.54, 1.807) is 13.2 Å². The molecule has 96 valence electrons. The standard InChI is InChI=1S/C13H11FN4O/c1-18-8-11(7-17-18)13(19)16-6-10-3-2-9(5-15)4-12(10)14/h2-4,7-8H,6H2,1H3,(H,16,19). The van der Waals surface area contributed by atoms with Crippen LogP contribution in [0, 0.1) is 17.1 Å². The summed E-state index contributed by atoms with van der Waals surface area (Å²) >= 11 is 0. The predicted octanol–water partition coefficient (Wildman–Crippen LogP) is 1.36. The third-order valence-electron chi connectivity index (χ3n) is 2.59. The van der Waals surface area contributed by atoms with Gasteiger partial charge < -0.3 is 5.32 Å². The third-order valence-corrected chi connectivity index (χ3v) is 2.59. The average molecular weight is 258 g/mol. The zero-order chi connectivity index (χ0) is 13.8. The van der Waals surface area contributed by atoms with E-state index in [-0.39, 0.29) is 18.0 Å². The molecule has 5 nitrogen and oxygen atoms in total. The molecule has 0 spiro atoms. The maximum absolute atomic E-state index is 13.6. The lowest BCUT2D eigenvalue weighted by Crippen LogP contribution is -2.22. The molecule has 0 bridgehead atoms. The van der Waals surface area contributed by atoms with Gasteiger partial charge in [0, 0.05) is 25.4 Å². The minimum Gasteiger partial charge on any atom is -0.348 e. The van der Waals surface area contributed by atoms with E-state index in [0.29, 0.717) is 11.1 Å². The summed E-state index contributed by atoms with van der Waals surface area (Å²) in [5.74, 6) is -0.831. The molecule has 0 aliphatic heterocycles. The van der Waals surface area contributed by atoms with Gasteiger partial charge in [-0.3, -0.25) is 9.48 Å². The van der Waals surface area contributed by atoms with E-state index < -0.39 is 5.82 Å². The number of rotatable bonds is 3. The lowest BCUT2D eigenvalue weighted by atomic mass is 10.1. The van der Waals surface area contributed by atoms with Gasteiger partial charge in [-0.15, -0.1) is 0 Å². The molecule has 0 saturated heterocycles. The van der Waals surface area contributed by atoms with Gasteiger partial charge in [-0.25, -0.2) is 4.39 Å². The average Bonchev–Trinajstić information content (AvgIpc) is 2.83. The highest BCUT2D eigenvalue weighted by Gasteiger charge is 2.09. The number of aromatic nitrogens is 2. The van der Waals surface area contributed by atoms with Crippen molar-refractivity contribution in [3.8, 4) is 6.07 Å². The molecule has 6 heteroatoms. The summed E-state index contributed by atoms with van der Waals surface area (Å²) in [5, 5.41) is 15.1. The Hall–Kier alpha value is -2.68. The Morgan fingerprint density at radius 3 is 2.95 bits per heavy atom. The van der Waals surface area contributed by atoms with Crippen LogP contribution in [-0.4, -0.2) is 15.7 Å². The number of benzene rings is 1. The Balaban J connectivity index is 2.03. The SMILES string of the molecule is Cn1cc(C(=O)NCc2ccc(C#N)cc2F)cn1. The number of nitrogens with one attached hydrogen (secondary N) is 1. The molecule has 0 unspecified atom stereocenters. The first-order valence-electron chi connectivity index (χ1n) is 5.55. The number of hydrogen-bond acceptors (Lipinski definition) is 3. The van der Waals surface area contributed by atoms with Crippen LogP contribution >= 0.6 is 0 Å². The molecule has 0 atom stereocenters. The predicted molar refractivity (Wildman–Crippen MR) is 65.5 cm³/mol. The van der Waals surface area contributed by atoms with Crippen LogP contribution in [0.25, 0.3) is 0 Å². The second kappa shape index (κ2) is 5.31. The highest BCUT2D eigenvalue weighted by Crippen LogP contribution is 2.10. The molecule has 1 N–H and O–H groups in total. The van der Waals surface area contributed by atoms with E-state index in [4.69, 9.17) is 5.26 Å². The Morgan fingerprint density at radius 1 is 1.58 bits per heavy atom. The van der Waals surface area contributed by atoms with Crippen molar-refractivity contribution in [3.05, 3.63) is 53.1 Å². The molecule has 0 radical (unpaired) electrons. The van der Waals surface area contributed by atoms with Gasteiger partial charge in [-0.05, 0) is 12.1 Å². The Labute approximate surface area is 109 Å². The summed E-state index contributed by atoms with van der Waals surface area (Å²) in [4.78, 5) is 11.7. The van der Waals surface area contributed by atoms with Crippen LogP contribution in [0.3, 0.4) is 0 Å². The summed E-state index contributed by atoms with van der Waals surface area (Å²) in [7, 11) is 1.71. The van der Waals surface area contributed by atoms with Crippen LogP contribution in [0.1, 0.15) is 21.5 Å². The smallest absolute Gasteiger partial charge is 0.254 e. The molecular formula is C13H11FN4O. The third kappa shape index (κ3) is 2.96. The molecule has 1 heterocycles. The number of nitrogens with zero attached hydrogens (tertiary/aromatic N) is 3. The summed E-state index contributed by atoms with van der Waals surface area (Å²) in [6.07, 6.45) is 3.01. The summed E-state index contributed by atoms with van der Waals surface area (Å²) in [5.41, 5.74) is 0.993. The maximum Gasteiger partial charge on any atom is 0.254 e. The molecule has 1 amide bonds. The van der Waals surface area contributed by atoms with E-state index in [1.807, 2.05) is 6.07 Å².